The average Bonchev–Trinajstić information content (AvgIpc) is 2.95. The van der Waals surface area contributed by atoms with Gasteiger partial charge in [0.25, 0.3) is 5.56 Å². The number of hydrogen-bond acceptors (Lipinski definition) is 5. The van der Waals surface area contributed by atoms with Crippen LogP contribution in [0, 0.1) is 0 Å². The van der Waals surface area contributed by atoms with Gasteiger partial charge in [0.05, 0.1) is 5.75 Å². The van der Waals surface area contributed by atoms with Crippen molar-refractivity contribution >= 4 is 34.9 Å². The first kappa shape index (κ1) is 15.8. The maximum Gasteiger partial charge on any atom is 0.252 e. The Labute approximate surface area is 140 Å². The molecule has 0 spiro atoms. The van der Waals surface area contributed by atoms with Crippen molar-refractivity contribution < 1.29 is 4.79 Å². The lowest BCUT2D eigenvalue weighted by Crippen LogP contribution is -2.11. The molecule has 0 bridgehead atoms. The second-order valence-electron chi connectivity index (χ2n) is 4.84. The number of carbonyl (C=O) groups is 1. The van der Waals surface area contributed by atoms with Gasteiger partial charge in [-0.2, -0.15) is 0 Å². The van der Waals surface area contributed by atoms with E-state index in [1.807, 2.05) is 6.92 Å². The molecule has 1 N–H and O–H groups in total. The molecular formula is C15H13ClN4O2S. The van der Waals surface area contributed by atoms with Gasteiger partial charge in [0, 0.05) is 22.3 Å². The molecule has 3 rings (SSSR count). The molecule has 1 aromatic carbocycles. The fraction of sp³-hybridized carbons (Fsp3) is 0.200. The molecule has 0 saturated heterocycles. The number of aryl methyl sites for hydroxylation is 1. The molecule has 23 heavy (non-hydrogen) atoms. The number of aromatic nitrogens is 4. The van der Waals surface area contributed by atoms with Gasteiger partial charge in [0.15, 0.2) is 10.9 Å². The van der Waals surface area contributed by atoms with E-state index in [0.717, 1.165) is 5.69 Å². The summed E-state index contributed by atoms with van der Waals surface area (Å²) >= 11 is 7.10. The quantitative estimate of drug-likeness (QED) is 0.566. The Balaban J connectivity index is 1.83. The summed E-state index contributed by atoms with van der Waals surface area (Å²) in [7, 11) is 0. The molecule has 118 valence electrons. The van der Waals surface area contributed by atoms with E-state index >= 15 is 0 Å². The molecule has 0 atom stereocenters. The number of nitrogens with one attached hydrogen (secondary N) is 1. The lowest BCUT2D eigenvalue weighted by atomic mass is 10.1. The molecule has 2 aromatic heterocycles. The highest BCUT2D eigenvalue weighted by molar-refractivity contribution is 7.99. The van der Waals surface area contributed by atoms with Crippen molar-refractivity contribution in [2.45, 2.75) is 18.5 Å². The number of benzene rings is 1. The number of thioether (sulfide) groups is 1. The number of carbonyl (C=O) groups excluding carboxylic acids is 1. The molecule has 8 heteroatoms. The molecule has 0 radical (unpaired) electrons. The van der Waals surface area contributed by atoms with Crippen LogP contribution in [-0.4, -0.2) is 31.1 Å². The summed E-state index contributed by atoms with van der Waals surface area (Å²) in [6.07, 6.45) is 0.664. The zero-order chi connectivity index (χ0) is 16.4. The van der Waals surface area contributed by atoms with E-state index in [9.17, 15) is 9.59 Å². The zero-order valence-corrected chi connectivity index (χ0v) is 13.8. The average molecular weight is 349 g/mol. The standard InChI is InChI=1S/C15H13ClN4O2S/c1-2-11-7-13(22)17-14-18-19-15(20(11)14)23-8-12(21)9-3-5-10(16)6-4-9/h3-7H,2,8H2,1H3,(H,17,18,22). The van der Waals surface area contributed by atoms with Crippen LogP contribution in [0.4, 0.5) is 0 Å². The van der Waals surface area contributed by atoms with Crippen molar-refractivity contribution in [2.24, 2.45) is 0 Å². The third kappa shape index (κ3) is 3.30. The minimum Gasteiger partial charge on any atom is -0.293 e. The molecular weight excluding hydrogens is 336 g/mol. The van der Waals surface area contributed by atoms with Gasteiger partial charge in [0.1, 0.15) is 0 Å². The summed E-state index contributed by atoms with van der Waals surface area (Å²) < 4.78 is 1.77. The lowest BCUT2D eigenvalue weighted by molar-refractivity contribution is 0.102. The number of hydrogen-bond donors (Lipinski definition) is 1. The van der Waals surface area contributed by atoms with Crippen LogP contribution in [0.3, 0.4) is 0 Å². The van der Waals surface area contributed by atoms with Crippen LogP contribution in [0.2, 0.25) is 5.02 Å². The molecule has 2 heterocycles. The topological polar surface area (TPSA) is 80.1 Å². The molecule has 6 nitrogen and oxygen atoms in total. The monoisotopic (exact) mass is 348 g/mol. The molecule has 0 saturated carbocycles. The zero-order valence-electron chi connectivity index (χ0n) is 12.2. The van der Waals surface area contributed by atoms with Gasteiger partial charge < -0.3 is 0 Å². The number of Topliss-reactive ketones (excluding diaryl/α,β-unsaturated/α-hetero) is 1. The largest absolute Gasteiger partial charge is 0.293 e. The number of nitrogens with zero attached hydrogens (tertiary/aromatic N) is 3. The highest BCUT2D eigenvalue weighted by Crippen LogP contribution is 2.19. The number of halogens is 1. The fourth-order valence-electron chi connectivity index (χ4n) is 2.17. The minimum atomic E-state index is -0.212. The molecule has 0 aliphatic carbocycles. The van der Waals surface area contributed by atoms with E-state index in [2.05, 4.69) is 15.2 Å². The predicted molar refractivity (Wildman–Crippen MR) is 89.5 cm³/mol. The maximum absolute atomic E-state index is 12.2. The van der Waals surface area contributed by atoms with Crippen LogP contribution in [0.25, 0.3) is 5.78 Å². The Bertz CT molecular complexity index is 917. The van der Waals surface area contributed by atoms with E-state index in [1.165, 1.54) is 17.8 Å². The van der Waals surface area contributed by atoms with Gasteiger partial charge in [-0.3, -0.25) is 19.0 Å². The van der Waals surface area contributed by atoms with Crippen LogP contribution in [0.5, 0.6) is 0 Å². The van der Waals surface area contributed by atoms with Crippen LogP contribution in [-0.2, 0) is 6.42 Å². The van der Waals surface area contributed by atoms with Crippen LogP contribution >= 0.6 is 23.4 Å². The smallest absolute Gasteiger partial charge is 0.252 e. The Morgan fingerprint density at radius 3 is 2.74 bits per heavy atom. The first-order chi connectivity index (χ1) is 11.1. The number of fused-ring (bicyclic) bond motifs is 1. The number of ketones is 1. The molecule has 0 amide bonds. The summed E-state index contributed by atoms with van der Waals surface area (Å²) in [5.41, 5.74) is 1.19. The van der Waals surface area contributed by atoms with Crippen molar-refractivity contribution in [3.63, 3.8) is 0 Å². The fourth-order valence-corrected chi connectivity index (χ4v) is 3.16. The number of H-pyrrole nitrogens is 1. The van der Waals surface area contributed by atoms with E-state index < -0.39 is 0 Å². The summed E-state index contributed by atoms with van der Waals surface area (Å²) in [6.45, 7) is 1.95. The summed E-state index contributed by atoms with van der Waals surface area (Å²) in [5.74, 6) is 0.590. The van der Waals surface area contributed by atoms with Gasteiger partial charge in [-0.15, -0.1) is 10.2 Å². The third-order valence-corrected chi connectivity index (χ3v) is 4.50. The van der Waals surface area contributed by atoms with Crippen LogP contribution < -0.4 is 5.56 Å². The van der Waals surface area contributed by atoms with E-state index in [1.54, 1.807) is 28.7 Å². The summed E-state index contributed by atoms with van der Waals surface area (Å²) in [5, 5.41) is 9.19. The van der Waals surface area contributed by atoms with Gasteiger partial charge >= 0.3 is 0 Å². The second-order valence-corrected chi connectivity index (χ2v) is 6.22. The molecule has 0 unspecified atom stereocenters. The van der Waals surface area contributed by atoms with Gasteiger partial charge in [-0.25, -0.2) is 0 Å². The first-order valence-corrected chi connectivity index (χ1v) is 8.33. The van der Waals surface area contributed by atoms with Crippen LogP contribution in [0.1, 0.15) is 23.0 Å². The van der Waals surface area contributed by atoms with Crippen molar-refractivity contribution in [1.29, 1.82) is 0 Å². The Morgan fingerprint density at radius 1 is 1.30 bits per heavy atom. The minimum absolute atomic E-state index is 0.0223. The Hall–Kier alpha value is -2.12. The summed E-state index contributed by atoms with van der Waals surface area (Å²) in [4.78, 5) is 26.4. The van der Waals surface area contributed by atoms with E-state index in [0.29, 0.717) is 27.9 Å². The SMILES string of the molecule is CCc1cc(=O)[nH]c2nnc(SCC(=O)c3ccc(Cl)cc3)n12. The summed E-state index contributed by atoms with van der Waals surface area (Å²) in [6, 6.07) is 8.28. The van der Waals surface area contributed by atoms with Crippen LogP contribution in [0.15, 0.2) is 40.3 Å². The highest BCUT2D eigenvalue weighted by atomic mass is 35.5. The van der Waals surface area contributed by atoms with Crippen molar-refractivity contribution in [1.82, 2.24) is 19.6 Å². The van der Waals surface area contributed by atoms with Gasteiger partial charge in [-0.05, 0) is 30.7 Å². The highest BCUT2D eigenvalue weighted by Gasteiger charge is 2.13. The van der Waals surface area contributed by atoms with Crippen molar-refractivity contribution in [2.75, 3.05) is 5.75 Å². The Morgan fingerprint density at radius 2 is 2.04 bits per heavy atom. The molecule has 0 aliphatic heterocycles. The third-order valence-electron chi connectivity index (χ3n) is 3.31. The van der Waals surface area contributed by atoms with Crippen molar-refractivity contribution in [3.8, 4) is 0 Å². The molecule has 3 aromatic rings. The number of aromatic amines is 1. The predicted octanol–water partition coefficient (Wildman–Crippen LogP) is 2.61. The first-order valence-electron chi connectivity index (χ1n) is 6.97. The second kappa shape index (κ2) is 6.55. The van der Waals surface area contributed by atoms with Gasteiger partial charge in [0.2, 0.25) is 5.78 Å². The van der Waals surface area contributed by atoms with Crippen molar-refractivity contribution in [3.05, 3.63) is 57.0 Å². The Kier molecular flexibility index (Phi) is 4.49. The molecule has 0 aliphatic rings. The van der Waals surface area contributed by atoms with E-state index in [-0.39, 0.29) is 17.1 Å². The normalized spacial score (nSPS) is 11.0. The van der Waals surface area contributed by atoms with E-state index in [4.69, 9.17) is 11.6 Å². The van der Waals surface area contributed by atoms with Gasteiger partial charge in [-0.1, -0.05) is 30.3 Å². The molecule has 0 fully saturated rings. The number of rotatable bonds is 5. The lowest BCUT2D eigenvalue weighted by Gasteiger charge is -2.04. The maximum atomic E-state index is 12.2.